The van der Waals surface area contributed by atoms with Crippen LogP contribution in [0.25, 0.3) is 0 Å². The topological polar surface area (TPSA) is 9.23 Å². The molecular formula is C7H14OSi. The molecule has 0 aliphatic heterocycles. The van der Waals surface area contributed by atoms with Crippen molar-refractivity contribution < 1.29 is 4.74 Å². The van der Waals surface area contributed by atoms with Gasteiger partial charge in [0.15, 0.2) is 0 Å². The fourth-order valence-electron chi connectivity index (χ4n) is 0.486. The van der Waals surface area contributed by atoms with Crippen LogP contribution in [0, 0.1) is 0 Å². The summed E-state index contributed by atoms with van der Waals surface area (Å²) in [6.45, 7) is 10.2. The normalized spacial score (nSPS) is 9.56. The van der Waals surface area contributed by atoms with Crippen molar-refractivity contribution in [2.45, 2.75) is 6.92 Å². The molecule has 0 amide bonds. The third-order valence-electron chi connectivity index (χ3n) is 1.12. The lowest BCUT2D eigenvalue weighted by Crippen LogP contribution is -2.15. The summed E-state index contributed by atoms with van der Waals surface area (Å²) in [5.41, 5.74) is 3.95. The second-order valence-electron chi connectivity index (χ2n) is 1.79. The van der Waals surface area contributed by atoms with E-state index in [2.05, 4.69) is 13.2 Å². The SMILES string of the molecule is C=C[SiH](C=C)COCC. The molecule has 0 spiro atoms. The summed E-state index contributed by atoms with van der Waals surface area (Å²) >= 11 is 0. The van der Waals surface area contributed by atoms with Crippen molar-refractivity contribution in [2.75, 3.05) is 12.8 Å². The average molecular weight is 142 g/mol. The van der Waals surface area contributed by atoms with E-state index in [0.717, 1.165) is 12.8 Å². The van der Waals surface area contributed by atoms with Gasteiger partial charge in [-0.3, -0.25) is 0 Å². The van der Waals surface area contributed by atoms with Gasteiger partial charge in [0.1, 0.15) is 8.80 Å². The molecule has 0 aliphatic carbocycles. The summed E-state index contributed by atoms with van der Waals surface area (Å²) in [6, 6.07) is 0. The van der Waals surface area contributed by atoms with Gasteiger partial charge in [0.2, 0.25) is 0 Å². The zero-order valence-corrected chi connectivity index (χ0v) is 7.12. The zero-order chi connectivity index (χ0) is 7.11. The van der Waals surface area contributed by atoms with Gasteiger partial charge in [0.25, 0.3) is 0 Å². The van der Waals surface area contributed by atoms with E-state index in [-0.39, 0.29) is 0 Å². The van der Waals surface area contributed by atoms with Crippen LogP contribution in [-0.2, 0) is 4.74 Å². The van der Waals surface area contributed by atoms with Crippen molar-refractivity contribution in [3.63, 3.8) is 0 Å². The molecule has 9 heavy (non-hydrogen) atoms. The van der Waals surface area contributed by atoms with E-state index >= 15 is 0 Å². The quantitative estimate of drug-likeness (QED) is 0.525. The Morgan fingerprint density at radius 3 is 2.33 bits per heavy atom. The number of hydrogen-bond acceptors (Lipinski definition) is 1. The molecule has 1 nitrogen and oxygen atoms in total. The van der Waals surface area contributed by atoms with E-state index in [9.17, 15) is 0 Å². The molecule has 0 unspecified atom stereocenters. The predicted octanol–water partition coefficient (Wildman–Crippen LogP) is 1.24. The first-order valence-electron chi connectivity index (χ1n) is 3.18. The molecule has 0 rings (SSSR count). The minimum atomic E-state index is -0.904. The maximum absolute atomic E-state index is 5.20. The van der Waals surface area contributed by atoms with Crippen molar-refractivity contribution >= 4 is 8.80 Å². The van der Waals surface area contributed by atoms with Crippen molar-refractivity contribution in [1.82, 2.24) is 0 Å². The van der Waals surface area contributed by atoms with Crippen LogP contribution in [-0.4, -0.2) is 21.6 Å². The first-order valence-corrected chi connectivity index (χ1v) is 5.33. The third-order valence-corrected chi connectivity index (χ3v) is 2.95. The van der Waals surface area contributed by atoms with Crippen LogP contribution in [0.1, 0.15) is 6.92 Å². The highest BCUT2D eigenvalue weighted by atomic mass is 28.3. The van der Waals surface area contributed by atoms with E-state index in [1.807, 2.05) is 18.3 Å². The summed E-state index contributed by atoms with van der Waals surface area (Å²) in [4.78, 5) is 0. The number of hydrogen-bond donors (Lipinski definition) is 0. The van der Waals surface area contributed by atoms with Crippen LogP contribution in [0.15, 0.2) is 24.6 Å². The monoisotopic (exact) mass is 142 g/mol. The maximum Gasteiger partial charge on any atom is 0.113 e. The van der Waals surface area contributed by atoms with Crippen LogP contribution < -0.4 is 0 Å². The van der Waals surface area contributed by atoms with Crippen LogP contribution in [0.5, 0.6) is 0 Å². The Labute approximate surface area is 58.6 Å². The summed E-state index contributed by atoms with van der Waals surface area (Å²) in [6.07, 6.45) is 0.851. The van der Waals surface area contributed by atoms with Crippen molar-refractivity contribution in [3.05, 3.63) is 24.6 Å². The Kier molecular flexibility index (Phi) is 5.57. The van der Waals surface area contributed by atoms with Crippen LogP contribution >= 0.6 is 0 Å². The number of rotatable bonds is 5. The Balaban J connectivity index is 3.30. The van der Waals surface area contributed by atoms with E-state index < -0.39 is 8.80 Å². The Hall–Kier alpha value is -0.343. The average Bonchev–Trinajstić information content (AvgIpc) is 1.91. The van der Waals surface area contributed by atoms with Gasteiger partial charge in [-0.25, -0.2) is 0 Å². The van der Waals surface area contributed by atoms with Gasteiger partial charge < -0.3 is 4.74 Å². The van der Waals surface area contributed by atoms with E-state index in [0.29, 0.717) is 0 Å². The Bertz CT molecular complexity index is 82.9. The fourth-order valence-corrected chi connectivity index (χ4v) is 1.46. The standard InChI is InChI=1S/C7H14OSi/c1-4-8-7-9(5-2)6-3/h5-6,9H,2-4,7H2,1H3. The van der Waals surface area contributed by atoms with Crippen LogP contribution in [0.3, 0.4) is 0 Å². The minimum Gasteiger partial charge on any atom is -0.385 e. The highest BCUT2D eigenvalue weighted by Crippen LogP contribution is 1.85. The molecule has 52 valence electrons. The summed E-state index contributed by atoms with van der Waals surface area (Å²) in [5.74, 6) is 0. The van der Waals surface area contributed by atoms with Crippen molar-refractivity contribution in [3.8, 4) is 0 Å². The van der Waals surface area contributed by atoms with E-state index in [1.54, 1.807) is 0 Å². The third kappa shape index (κ3) is 4.18. The van der Waals surface area contributed by atoms with Gasteiger partial charge >= 0.3 is 0 Å². The van der Waals surface area contributed by atoms with E-state index in [1.165, 1.54) is 0 Å². The molecular weight excluding hydrogens is 128 g/mol. The van der Waals surface area contributed by atoms with Gasteiger partial charge in [0, 0.05) is 12.8 Å². The first kappa shape index (κ1) is 8.66. The second kappa shape index (κ2) is 5.79. The molecule has 0 saturated heterocycles. The number of ether oxygens (including phenoxy) is 1. The molecule has 0 aromatic carbocycles. The molecule has 0 fully saturated rings. The van der Waals surface area contributed by atoms with Crippen molar-refractivity contribution in [1.29, 1.82) is 0 Å². The molecule has 0 heterocycles. The van der Waals surface area contributed by atoms with Gasteiger partial charge in [-0.1, -0.05) is 11.4 Å². The smallest absolute Gasteiger partial charge is 0.113 e. The minimum absolute atomic E-state index is 0.797. The summed E-state index contributed by atoms with van der Waals surface area (Å²) in [7, 11) is -0.904. The molecule has 0 radical (unpaired) electrons. The van der Waals surface area contributed by atoms with Crippen LogP contribution in [0.2, 0.25) is 0 Å². The van der Waals surface area contributed by atoms with Gasteiger partial charge in [0.05, 0.1) is 0 Å². The Morgan fingerprint density at radius 1 is 1.44 bits per heavy atom. The molecule has 0 atom stereocenters. The summed E-state index contributed by atoms with van der Waals surface area (Å²) in [5, 5.41) is 0. The van der Waals surface area contributed by atoms with Crippen molar-refractivity contribution in [2.24, 2.45) is 0 Å². The molecule has 0 aliphatic rings. The molecule has 2 heteroatoms. The summed E-state index contributed by atoms with van der Waals surface area (Å²) < 4.78 is 5.20. The van der Waals surface area contributed by atoms with Gasteiger partial charge in [-0.15, -0.1) is 13.2 Å². The lowest BCUT2D eigenvalue weighted by atomic mass is 10.9. The molecule has 0 saturated carbocycles. The molecule has 0 aromatic heterocycles. The van der Waals surface area contributed by atoms with Gasteiger partial charge in [-0.05, 0) is 6.92 Å². The maximum atomic E-state index is 5.20. The predicted molar refractivity (Wildman–Crippen MR) is 44.0 cm³/mol. The lowest BCUT2D eigenvalue weighted by Gasteiger charge is -2.02. The zero-order valence-electron chi connectivity index (χ0n) is 5.97. The highest BCUT2D eigenvalue weighted by molar-refractivity contribution is 6.69. The largest absolute Gasteiger partial charge is 0.385 e. The molecule has 0 N–H and O–H groups in total. The fraction of sp³-hybridized carbons (Fsp3) is 0.429. The van der Waals surface area contributed by atoms with Crippen LogP contribution in [0.4, 0.5) is 0 Å². The first-order chi connectivity index (χ1) is 4.35. The highest BCUT2D eigenvalue weighted by Gasteiger charge is 1.97. The second-order valence-corrected chi connectivity index (χ2v) is 4.40. The van der Waals surface area contributed by atoms with Gasteiger partial charge in [-0.2, -0.15) is 0 Å². The lowest BCUT2D eigenvalue weighted by molar-refractivity contribution is 0.192. The molecule has 0 aromatic rings. The van der Waals surface area contributed by atoms with E-state index in [4.69, 9.17) is 4.74 Å². The molecule has 0 bridgehead atoms. The Morgan fingerprint density at radius 2 is 2.00 bits per heavy atom.